The first-order chi connectivity index (χ1) is 2.00. The second-order valence-corrected chi connectivity index (χ2v) is 2.17. The molecule has 0 spiro atoms. The van der Waals surface area contributed by atoms with Crippen LogP contribution in [0.5, 0.6) is 0 Å². The Morgan fingerprint density at radius 1 is 0.800 bits per heavy atom. The summed E-state index contributed by atoms with van der Waals surface area (Å²) in [4.78, 5) is 0. The Hall–Kier alpha value is 0.450. The van der Waals surface area contributed by atoms with Crippen LogP contribution >= 0.6 is 0 Å². The molecule has 0 unspecified atom stereocenters. The van der Waals surface area contributed by atoms with E-state index in [9.17, 15) is 11.4 Å². The Balaban J connectivity index is 3.02. The van der Waals surface area contributed by atoms with E-state index in [-0.39, 0.29) is 0 Å². The molecule has 0 aliphatic rings. The molecule has 36 valence electrons. The van der Waals surface area contributed by atoms with Gasteiger partial charge in [0.15, 0.2) is 0 Å². The summed E-state index contributed by atoms with van der Waals surface area (Å²) < 4.78 is 39.5. The van der Waals surface area contributed by atoms with Crippen molar-refractivity contribution in [3.63, 3.8) is 0 Å². The molecule has 0 fully saturated rings. The molecular weight excluding hydrogens is 203 g/mol. The zero-order valence-electron chi connectivity index (χ0n) is 1.89. The summed E-state index contributed by atoms with van der Waals surface area (Å²) >= 11 is -6.94. The minimum absolute atomic E-state index is 6.94. The van der Waals surface area contributed by atoms with Crippen molar-refractivity contribution < 1.29 is 32.2 Å². The van der Waals surface area contributed by atoms with E-state index in [0.717, 1.165) is 0 Å². The van der Waals surface area contributed by atoms with Crippen molar-refractivity contribution in [3.05, 3.63) is 0 Å². The van der Waals surface area contributed by atoms with Gasteiger partial charge < -0.3 is 0 Å². The van der Waals surface area contributed by atoms with Gasteiger partial charge in [-0.3, -0.25) is 0 Å². The summed E-state index contributed by atoms with van der Waals surface area (Å²) in [6.07, 6.45) is 0. The zero-order valence-corrected chi connectivity index (χ0v) is 4.05. The third-order valence-electron chi connectivity index (χ3n) is 0. The van der Waals surface area contributed by atoms with Crippen LogP contribution in [0.1, 0.15) is 0 Å². The molecule has 5 heteroatoms. The maximum atomic E-state index is 9.87. The Morgan fingerprint density at radius 3 is 0.800 bits per heavy atom. The average molecular weight is 203 g/mol. The van der Waals surface area contributed by atoms with Crippen molar-refractivity contribution in [2.75, 3.05) is 0 Å². The number of hydrogen-bond donors (Lipinski definition) is 0. The third-order valence-corrected chi connectivity index (χ3v) is 0. The van der Waals surface area contributed by atoms with E-state index in [1.165, 1.54) is 0 Å². The molecule has 0 aliphatic carbocycles. The van der Waals surface area contributed by atoms with Crippen LogP contribution in [0.3, 0.4) is 0 Å². The summed E-state index contributed by atoms with van der Waals surface area (Å²) in [5.74, 6) is 0. The van der Waals surface area contributed by atoms with Crippen molar-refractivity contribution in [1.82, 2.24) is 0 Å². The van der Waals surface area contributed by atoms with E-state index < -0.39 is 20.7 Å². The van der Waals surface area contributed by atoms with Gasteiger partial charge in [-0.05, 0) is 0 Å². The molecule has 0 N–H and O–H groups in total. The quantitative estimate of drug-likeness (QED) is 0.338. The van der Waals surface area contributed by atoms with Gasteiger partial charge in [-0.15, -0.1) is 0 Å². The maximum absolute atomic E-state index is 9.87. The van der Waals surface area contributed by atoms with Crippen molar-refractivity contribution in [2.45, 2.75) is 0 Å². The van der Waals surface area contributed by atoms with Gasteiger partial charge in [-0.2, -0.15) is 0 Å². The molecule has 0 aromatic heterocycles. The van der Waals surface area contributed by atoms with Gasteiger partial charge in [-0.1, -0.05) is 0 Å². The zero-order chi connectivity index (χ0) is 4.50. The van der Waals surface area contributed by atoms with Crippen LogP contribution in [-0.4, -0.2) is 0 Å². The second kappa shape index (κ2) is 1.27. The Labute approximate surface area is 32.8 Å². The van der Waals surface area contributed by atoms with Crippen molar-refractivity contribution in [1.29, 1.82) is 0 Å². The predicted molar refractivity (Wildman–Crippen MR) is 4.43 cm³/mol. The Kier molecular flexibility index (Phi) is 1.39. The van der Waals surface area contributed by atoms with E-state index in [1.54, 1.807) is 0 Å². The van der Waals surface area contributed by atoms with Crippen LogP contribution in [-0.2, 0) is 0 Å². The Bertz CT molecular complexity index is 19.1. The third kappa shape index (κ3) is 132. The van der Waals surface area contributed by atoms with Crippen LogP contribution in [0.15, 0.2) is 0 Å². The average Bonchev–Trinajstić information content (AvgIpc) is 0.722. The van der Waals surface area contributed by atoms with Crippen LogP contribution in [0, 0.1) is 0 Å². The standard InChI is InChI=1S/F4I/c1-5(2,3)4/q-1. The van der Waals surface area contributed by atoms with Crippen molar-refractivity contribution in [3.8, 4) is 0 Å². The molecule has 0 amide bonds. The Morgan fingerprint density at radius 2 is 0.800 bits per heavy atom. The number of rotatable bonds is 0. The molecule has 0 aromatic rings. The summed E-state index contributed by atoms with van der Waals surface area (Å²) in [6.45, 7) is 0. The first kappa shape index (κ1) is 5.45. The van der Waals surface area contributed by atoms with Crippen LogP contribution in [0.4, 0.5) is 11.4 Å². The number of halogens is 5. The topological polar surface area (TPSA) is 0 Å². The van der Waals surface area contributed by atoms with Gasteiger partial charge in [0.25, 0.3) is 0 Å². The minimum atomic E-state index is -6.94. The van der Waals surface area contributed by atoms with Crippen LogP contribution in [0.25, 0.3) is 0 Å². The first-order valence-corrected chi connectivity index (χ1v) is 3.83. The van der Waals surface area contributed by atoms with Gasteiger partial charge in [0, 0.05) is 0 Å². The van der Waals surface area contributed by atoms with E-state index in [2.05, 4.69) is 0 Å². The molecule has 0 aliphatic heterocycles. The molecule has 0 aromatic carbocycles. The molecule has 0 heterocycles. The van der Waals surface area contributed by atoms with Crippen molar-refractivity contribution >= 4 is 0 Å². The molecule has 0 atom stereocenters. The molecule has 5 heavy (non-hydrogen) atoms. The van der Waals surface area contributed by atoms with E-state index in [0.29, 0.717) is 0 Å². The molecule has 0 saturated carbocycles. The monoisotopic (exact) mass is 203 g/mol. The second-order valence-electron chi connectivity index (χ2n) is 0.324. The van der Waals surface area contributed by atoms with E-state index in [4.69, 9.17) is 0 Å². The SMILES string of the molecule is F[I-](F)(F)F. The van der Waals surface area contributed by atoms with Gasteiger partial charge in [-0.25, -0.2) is 0 Å². The molecule has 0 bridgehead atoms. The van der Waals surface area contributed by atoms with E-state index >= 15 is 0 Å². The van der Waals surface area contributed by atoms with Gasteiger partial charge in [0.05, 0.1) is 0 Å². The number of hydrogen-bond acceptors (Lipinski definition) is 0. The molecular formula is F4I-. The molecule has 0 saturated heterocycles. The fourth-order valence-corrected chi connectivity index (χ4v) is 0. The summed E-state index contributed by atoms with van der Waals surface area (Å²) in [7, 11) is 0. The van der Waals surface area contributed by atoms with Crippen LogP contribution < -0.4 is 20.7 Å². The predicted octanol–water partition coefficient (Wildman–Crippen LogP) is -1.32. The fraction of sp³-hybridized carbons (Fsp3) is 0. The van der Waals surface area contributed by atoms with Gasteiger partial charge in [0.2, 0.25) is 0 Å². The molecule has 0 nitrogen and oxygen atoms in total. The molecule has 0 radical (unpaired) electrons. The normalized spacial score (nSPS) is 15.2. The van der Waals surface area contributed by atoms with Crippen LogP contribution in [0.2, 0.25) is 0 Å². The summed E-state index contributed by atoms with van der Waals surface area (Å²) in [5, 5.41) is 0. The van der Waals surface area contributed by atoms with E-state index in [1.807, 2.05) is 0 Å². The summed E-state index contributed by atoms with van der Waals surface area (Å²) in [6, 6.07) is 0. The van der Waals surface area contributed by atoms with Gasteiger partial charge in [0.1, 0.15) is 0 Å². The van der Waals surface area contributed by atoms with Crippen molar-refractivity contribution in [2.24, 2.45) is 0 Å². The fourth-order valence-electron chi connectivity index (χ4n) is 0. The first-order valence-electron chi connectivity index (χ1n) is 0.571. The molecule has 0 rings (SSSR count). The van der Waals surface area contributed by atoms with Gasteiger partial charge >= 0.3 is 32.2 Å². The summed E-state index contributed by atoms with van der Waals surface area (Å²) in [5.41, 5.74) is 0.